The van der Waals surface area contributed by atoms with Gasteiger partial charge in [-0.3, -0.25) is 0 Å². The van der Waals surface area contributed by atoms with Crippen LogP contribution in [0.25, 0.3) is 0 Å². The third kappa shape index (κ3) is 7.71. The molecule has 1 aliphatic rings. The van der Waals surface area contributed by atoms with Crippen LogP contribution in [-0.4, -0.2) is 53.8 Å². The number of benzene rings is 1. The van der Waals surface area contributed by atoms with E-state index in [0.717, 1.165) is 36.3 Å². The molecule has 1 fully saturated rings. The molecular formula is C29H37F2N5O2S. The number of thioether (sulfide) groups is 1. The van der Waals surface area contributed by atoms with Crippen LogP contribution in [0.2, 0.25) is 0 Å². The van der Waals surface area contributed by atoms with E-state index < -0.39 is 11.6 Å². The SMILES string of the molecule is CCN(CC1CCCC1)c1ccc(OC)nc1CN(Cc1cccc(F)c1F)c1ncc(OCCSC)cn1. The number of pyridine rings is 1. The summed E-state index contributed by atoms with van der Waals surface area (Å²) >= 11 is 1.69. The van der Waals surface area contributed by atoms with Crippen LogP contribution in [0.4, 0.5) is 20.4 Å². The van der Waals surface area contributed by atoms with Gasteiger partial charge in [0.2, 0.25) is 11.8 Å². The van der Waals surface area contributed by atoms with Crippen LogP contribution in [0.15, 0.2) is 42.7 Å². The summed E-state index contributed by atoms with van der Waals surface area (Å²) in [5, 5.41) is 0. The van der Waals surface area contributed by atoms with Gasteiger partial charge in [0.25, 0.3) is 0 Å². The van der Waals surface area contributed by atoms with Crippen molar-refractivity contribution >= 4 is 23.4 Å². The summed E-state index contributed by atoms with van der Waals surface area (Å²) in [6.07, 6.45) is 10.3. The van der Waals surface area contributed by atoms with E-state index in [1.54, 1.807) is 42.2 Å². The highest BCUT2D eigenvalue weighted by molar-refractivity contribution is 7.98. The first-order chi connectivity index (χ1) is 19.0. The molecule has 0 aliphatic heterocycles. The molecule has 3 aromatic rings. The lowest BCUT2D eigenvalue weighted by Gasteiger charge is -2.30. The minimum atomic E-state index is -0.889. The third-order valence-electron chi connectivity index (χ3n) is 7.00. The Morgan fingerprint density at radius 1 is 1.03 bits per heavy atom. The predicted molar refractivity (Wildman–Crippen MR) is 153 cm³/mol. The molecule has 7 nitrogen and oxygen atoms in total. The van der Waals surface area contributed by atoms with Crippen molar-refractivity contribution in [1.29, 1.82) is 0 Å². The second-order valence-corrected chi connectivity index (χ2v) is 10.6. The van der Waals surface area contributed by atoms with E-state index in [2.05, 4.69) is 21.8 Å². The molecule has 0 bridgehead atoms. The topological polar surface area (TPSA) is 63.6 Å². The quantitative estimate of drug-likeness (QED) is 0.220. The van der Waals surface area contributed by atoms with Gasteiger partial charge < -0.3 is 19.3 Å². The van der Waals surface area contributed by atoms with Crippen molar-refractivity contribution < 1.29 is 18.3 Å². The number of halogens is 2. The summed E-state index contributed by atoms with van der Waals surface area (Å²) in [5.41, 5.74) is 1.96. The number of hydrogen-bond donors (Lipinski definition) is 0. The second kappa shape index (κ2) is 14.3. The van der Waals surface area contributed by atoms with Gasteiger partial charge in [-0.15, -0.1) is 0 Å². The molecule has 0 unspecified atom stereocenters. The Bertz CT molecular complexity index is 1190. The molecule has 0 spiro atoms. The van der Waals surface area contributed by atoms with Crippen LogP contribution >= 0.6 is 11.8 Å². The molecule has 1 aliphatic carbocycles. The van der Waals surface area contributed by atoms with Gasteiger partial charge in [-0.05, 0) is 44.1 Å². The third-order valence-corrected chi connectivity index (χ3v) is 7.57. The summed E-state index contributed by atoms with van der Waals surface area (Å²) in [4.78, 5) is 18.0. The van der Waals surface area contributed by atoms with Crippen molar-refractivity contribution in [2.45, 2.75) is 45.7 Å². The maximum atomic E-state index is 14.8. The van der Waals surface area contributed by atoms with Gasteiger partial charge in [-0.1, -0.05) is 25.0 Å². The zero-order valence-corrected chi connectivity index (χ0v) is 23.7. The fourth-order valence-electron chi connectivity index (χ4n) is 4.94. The average molecular weight is 558 g/mol. The van der Waals surface area contributed by atoms with E-state index in [1.807, 2.05) is 18.4 Å². The van der Waals surface area contributed by atoms with E-state index in [4.69, 9.17) is 14.5 Å². The van der Waals surface area contributed by atoms with E-state index >= 15 is 0 Å². The summed E-state index contributed by atoms with van der Waals surface area (Å²) in [5.74, 6) is 1.14. The van der Waals surface area contributed by atoms with Crippen LogP contribution in [0, 0.1) is 17.6 Å². The highest BCUT2D eigenvalue weighted by atomic mass is 32.2. The normalized spacial score (nSPS) is 13.5. The molecule has 210 valence electrons. The Morgan fingerprint density at radius 3 is 2.49 bits per heavy atom. The van der Waals surface area contributed by atoms with Crippen molar-refractivity contribution in [2.75, 3.05) is 48.6 Å². The van der Waals surface area contributed by atoms with Crippen molar-refractivity contribution in [2.24, 2.45) is 5.92 Å². The fraction of sp³-hybridized carbons (Fsp3) is 0.483. The fourth-order valence-corrected chi connectivity index (χ4v) is 5.19. The van der Waals surface area contributed by atoms with Crippen molar-refractivity contribution in [3.05, 3.63) is 65.6 Å². The molecule has 0 saturated heterocycles. The van der Waals surface area contributed by atoms with Crippen LogP contribution in [-0.2, 0) is 13.1 Å². The maximum Gasteiger partial charge on any atom is 0.226 e. The largest absolute Gasteiger partial charge is 0.489 e. The van der Waals surface area contributed by atoms with Crippen molar-refractivity contribution in [1.82, 2.24) is 15.0 Å². The lowest BCUT2D eigenvalue weighted by molar-refractivity contribution is 0.341. The lowest BCUT2D eigenvalue weighted by atomic mass is 10.1. The molecule has 2 aromatic heterocycles. The van der Waals surface area contributed by atoms with Gasteiger partial charge in [0.1, 0.15) is 0 Å². The summed E-state index contributed by atoms with van der Waals surface area (Å²) < 4.78 is 40.0. The molecule has 1 aromatic carbocycles. The molecule has 4 rings (SSSR count). The molecule has 0 amide bonds. The van der Waals surface area contributed by atoms with E-state index in [-0.39, 0.29) is 18.7 Å². The summed E-state index contributed by atoms with van der Waals surface area (Å²) in [6, 6.07) is 8.09. The number of methoxy groups -OCH3 is 1. The molecule has 0 radical (unpaired) electrons. The highest BCUT2D eigenvalue weighted by Gasteiger charge is 2.23. The molecule has 2 heterocycles. The standard InChI is InChI=1S/C29H37F2N5O2S/c1-4-35(18-21-8-5-6-9-21)26-12-13-27(37-2)34-25(26)20-36(19-22-10-7-11-24(30)28(22)31)29-32-16-23(17-33-29)38-14-15-39-3/h7,10-13,16-17,21H,4-6,8-9,14-15,18-20H2,1-3H3. The Hall–Kier alpha value is -3.14. The average Bonchev–Trinajstić information content (AvgIpc) is 3.48. The Morgan fingerprint density at radius 2 is 1.79 bits per heavy atom. The Labute approximate surface area is 234 Å². The van der Waals surface area contributed by atoms with Gasteiger partial charge in [-0.25, -0.2) is 23.7 Å². The maximum absolute atomic E-state index is 14.8. The van der Waals surface area contributed by atoms with Crippen LogP contribution in [0.5, 0.6) is 11.6 Å². The Kier molecular flexibility index (Phi) is 10.6. The van der Waals surface area contributed by atoms with Crippen molar-refractivity contribution in [3.8, 4) is 11.6 Å². The van der Waals surface area contributed by atoms with Gasteiger partial charge in [0, 0.05) is 37.0 Å². The first-order valence-corrected chi connectivity index (χ1v) is 14.8. The second-order valence-electron chi connectivity index (χ2n) is 9.64. The lowest BCUT2D eigenvalue weighted by Crippen LogP contribution is -2.31. The Balaban J connectivity index is 1.67. The number of aromatic nitrogens is 3. The smallest absolute Gasteiger partial charge is 0.226 e. The van der Waals surface area contributed by atoms with Gasteiger partial charge in [-0.2, -0.15) is 11.8 Å². The van der Waals surface area contributed by atoms with E-state index in [1.165, 1.54) is 31.7 Å². The van der Waals surface area contributed by atoms with Gasteiger partial charge in [0.05, 0.1) is 44.0 Å². The van der Waals surface area contributed by atoms with Crippen LogP contribution in [0.1, 0.15) is 43.9 Å². The predicted octanol–water partition coefficient (Wildman–Crippen LogP) is 6.12. The highest BCUT2D eigenvalue weighted by Crippen LogP contribution is 2.31. The monoisotopic (exact) mass is 557 g/mol. The number of hydrogen-bond acceptors (Lipinski definition) is 8. The zero-order valence-electron chi connectivity index (χ0n) is 22.9. The van der Waals surface area contributed by atoms with Crippen LogP contribution in [0.3, 0.4) is 0 Å². The minimum absolute atomic E-state index is 0.0589. The molecule has 39 heavy (non-hydrogen) atoms. The number of anilines is 2. The van der Waals surface area contributed by atoms with Crippen LogP contribution < -0.4 is 19.3 Å². The van der Waals surface area contributed by atoms with E-state index in [0.29, 0.717) is 30.1 Å². The number of rotatable bonds is 14. The summed E-state index contributed by atoms with van der Waals surface area (Å²) in [7, 11) is 1.58. The number of nitrogens with zero attached hydrogens (tertiary/aromatic N) is 5. The number of ether oxygens (including phenoxy) is 2. The molecular weight excluding hydrogens is 520 g/mol. The molecule has 0 N–H and O–H groups in total. The molecule has 0 atom stereocenters. The van der Waals surface area contributed by atoms with Crippen molar-refractivity contribution in [3.63, 3.8) is 0 Å². The molecule has 10 heteroatoms. The van der Waals surface area contributed by atoms with E-state index in [9.17, 15) is 8.78 Å². The zero-order chi connectivity index (χ0) is 27.6. The molecule has 1 saturated carbocycles. The first-order valence-electron chi connectivity index (χ1n) is 13.4. The summed E-state index contributed by atoms with van der Waals surface area (Å²) in [6.45, 7) is 4.80. The first kappa shape index (κ1) is 28.9. The van der Waals surface area contributed by atoms with Gasteiger partial charge in [0.15, 0.2) is 17.4 Å². The van der Waals surface area contributed by atoms with Gasteiger partial charge >= 0.3 is 0 Å². The minimum Gasteiger partial charge on any atom is -0.489 e.